The van der Waals surface area contributed by atoms with E-state index in [1.807, 2.05) is 99.6 Å². The number of aryl methyl sites for hydroxylation is 1. The molecule has 2 aromatic heterocycles. The lowest BCUT2D eigenvalue weighted by atomic mass is 10.0. The predicted molar refractivity (Wildman–Crippen MR) is 157 cm³/mol. The van der Waals surface area contributed by atoms with Gasteiger partial charge in [-0.05, 0) is 50.6 Å². The number of methoxy groups -OCH3 is 1. The number of carbonyl (C=O) groups excluding carboxylic acids is 2. The van der Waals surface area contributed by atoms with Crippen LogP contribution in [0.4, 0.5) is 5.00 Å². The van der Waals surface area contributed by atoms with Gasteiger partial charge in [0.1, 0.15) is 16.3 Å². The Morgan fingerprint density at radius 2 is 1.62 bits per heavy atom. The van der Waals surface area contributed by atoms with Crippen LogP contribution < -0.4 is 10.1 Å². The maximum atomic E-state index is 13.9. The van der Waals surface area contributed by atoms with Crippen molar-refractivity contribution in [3.05, 3.63) is 101 Å². The predicted octanol–water partition coefficient (Wildman–Crippen LogP) is 7.76. The molecule has 0 saturated heterocycles. The highest BCUT2D eigenvalue weighted by Gasteiger charge is 2.26. The molecule has 0 unspecified atom stereocenters. The molecule has 0 aliphatic heterocycles. The standard InChI is InChI=1S/C32H28N2O4S/c1-19(2)38-27-17-11-9-15-23(27)26-18-24(22-14-8-10-16-25(22)33-26)30(35)34-31-29(32(36)37-4)28(20(3)39-31)21-12-6-5-7-13-21/h5-19H,1-4H3,(H,34,35). The Labute approximate surface area is 231 Å². The van der Waals surface area contributed by atoms with E-state index >= 15 is 0 Å². The molecule has 0 aliphatic rings. The molecule has 2 heterocycles. The first-order chi connectivity index (χ1) is 18.9. The number of anilines is 1. The molecular formula is C32H28N2O4S. The highest BCUT2D eigenvalue weighted by atomic mass is 32.1. The summed E-state index contributed by atoms with van der Waals surface area (Å²) in [6.45, 7) is 5.87. The summed E-state index contributed by atoms with van der Waals surface area (Å²) in [6, 6.07) is 26.6. The lowest BCUT2D eigenvalue weighted by molar-refractivity contribution is 0.0603. The van der Waals surface area contributed by atoms with Crippen LogP contribution in [0.5, 0.6) is 5.75 Å². The van der Waals surface area contributed by atoms with E-state index < -0.39 is 5.97 Å². The van der Waals surface area contributed by atoms with Gasteiger partial charge in [-0.15, -0.1) is 11.3 Å². The lowest BCUT2D eigenvalue weighted by Gasteiger charge is -2.15. The molecule has 3 aromatic carbocycles. The molecule has 6 nitrogen and oxygen atoms in total. The quantitative estimate of drug-likeness (QED) is 0.215. The van der Waals surface area contributed by atoms with Gasteiger partial charge in [0.2, 0.25) is 0 Å². The summed E-state index contributed by atoms with van der Waals surface area (Å²) in [5, 5.41) is 4.16. The van der Waals surface area contributed by atoms with Crippen LogP contribution in [-0.2, 0) is 4.74 Å². The second kappa shape index (κ2) is 11.1. The van der Waals surface area contributed by atoms with Gasteiger partial charge in [0.15, 0.2) is 0 Å². The maximum absolute atomic E-state index is 13.9. The minimum absolute atomic E-state index is 0.0213. The molecule has 0 bridgehead atoms. The number of esters is 1. The molecule has 5 aromatic rings. The van der Waals surface area contributed by atoms with E-state index in [0.29, 0.717) is 38.5 Å². The van der Waals surface area contributed by atoms with Gasteiger partial charge < -0.3 is 14.8 Å². The Kier molecular flexibility index (Phi) is 7.43. The van der Waals surface area contributed by atoms with Crippen molar-refractivity contribution in [2.24, 2.45) is 0 Å². The van der Waals surface area contributed by atoms with Crippen LogP contribution in [0.2, 0.25) is 0 Å². The van der Waals surface area contributed by atoms with Gasteiger partial charge in [-0.25, -0.2) is 9.78 Å². The van der Waals surface area contributed by atoms with Gasteiger partial charge in [0.25, 0.3) is 5.91 Å². The number of nitrogens with one attached hydrogen (secondary N) is 1. The Bertz CT molecular complexity index is 1670. The minimum atomic E-state index is -0.506. The highest BCUT2D eigenvalue weighted by molar-refractivity contribution is 7.17. The van der Waals surface area contributed by atoms with Crippen molar-refractivity contribution in [1.29, 1.82) is 0 Å². The van der Waals surface area contributed by atoms with E-state index in [1.165, 1.54) is 18.4 Å². The first kappa shape index (κ1) is 26.1. The minimum Gasteiger partial charge on any atom is -0.490 e. The van der Waals surface area contributed by atoms with Crippen molar-refractivity contribution in [1.82, 2.24) is 4.98 Å². The molecule has 5 rings (SSSR count). The van der Waals surface area contributed by atoms with E-state index in [0.717, 1.165) is 21.6 Å². The van der Waals surface area contributed by atoms with Crippen LogP contribution in [0.1, 0.15) is 39.4 Å². The number of para-hydroxylation sites is 2. The molecule has 0 aliphatic carbocycles. The number of nitrogens with zero attached hydrogens (tertiary/aromatic N) is 1. The van der Waals surface area contributed by atoms with Crippen LogP contribution in [0.3, 0.4) is 0 Å². The summed E-state index contributed by atoms with van der Waals surface area (Å²) < 4.78 is 11.2. The van der Waals surface area contributed by atoms with Crippen molar-refractivity contribution in [2.45, 2.75) is 26.9 Å². The van der Waals surface area contributed by atoms with E-state index in [9.17, 15) is 9.59 Å². The van der Waals surface area contributed by atoms with E-state index in [2.05, 4.69) is 5.32 Å². The summed E-state index contributed by atoms with van der Waals surface area (Å²) in [6.07, 6.45) is -0.0213. The van der Waals surface area contributed by atoms with Gasteiger partial charge in [0.05, 0.1) is 30.0 Å². The molecule has 7 heteroatoms. The number of ether oxygens (including phenoxy) is 2. The zero-order chi connectivity index (χ0) is 27.5. The van der Waals surface area contributed by atoms with Gasteiger partial charge in [0, 0.05) is 21.4 Å². The monoisotopic (exact) mass is 536 g/mol. The molecule has 0 atom stereocenters. The molecule has 0 saturated carbocycles. The van der Waals surface area contributed by atoms with E-state index in [-0.39, 0.29) is 12.0 Å². The summed E-state index contributed by atoms with van der Waals surface area (Å²) in [7, 11) is 1.34. The Hall–Kier alpha value is -4.49. The summed E-state index contributed by atoms with van der Waals surface area (Å²) in [5.41, 5.74) is 4.51. The smallest absolute Gasteiger partial charge is 0.341 e. The number of aromatic nitrogens is 1. The third kappa shape index (κ3) is 5.26. The van der Waals surface area contributed by atoms with Gasteiger partial charge >= 0.3 is 5.97 Å². The fraction of sp³-hybridized carbons (Fsp3) is 0.156. The third-order valence-corrected chi connectivity index (χ3v) is 7.27. The third-order valence-electron chi connectivity index (χ3n) is 6.25. The van der Waals surface area contributed by atoms with Crippen molar-refractivity contribution in [3.63, 3.8) is 0 Å². The molecule has 196 valence electrons. The van der Waals surface area contributed by atoms with Gasteiger partial charge in [-0.2, -0.15) is 0 Å². The number of thiophene rings is 1. The Morgan fingerprint density at radius 1 is 0.923 bits per heavy atom. The maximum Gasteiger partial charge on any atom is 0.341 e. The molecular weight excluding hydrogens is 508 g/mol. The largest absolute Gasteiger partial charge is 0.490 e. The molecule has 0 fully saturated rings. The molecule has 0 spiro atoms. The molecule has 0 radical (unpaired) electrons. The van der Waals surface area contributed by atoms with E-state index in [4.69, 9.17) is 14.5 Å². The number of carbonyl (C=O) groups is 2. The number of hydrogen-bond donors (Lipinski definition) is 1. The van der Waals surface area contributed by atoms with Gasteiger partial charge in [-0.3, -0.25) is 4.79 Å². The topological polar surface area (TPSA) is 77.5 Å². The second-order valence-electron chi connectivity index (χ2n) is 9.28. The summed E-state index contributed by atoms with van der Waals surface area (Å²) >= 11 is 1.35. The number of fused-ring (bicyclic) bond motifs is 1. The normalized spacial score (nSPS) is 11.0. The summed E-state index contributed by atoms with van der Waals surface area (Å²) in [4.78, 5) is 32.6. The number of amides is 1. The second-order valence-corrected chi connectivity index (χ2v) is 10.5. The number of benzene rings is 3. The SMILES string of the molecule is COC(=O)c1c(NC(=O)c2cc(-c3ccccc3OC(C)C)nc3ccccc23)sc(C)c1-c1ccccc1. The Balaban J connectivity index is 1.62. The van der Waals surface area contributed by atoms with Crippen molar-refractivity contribution in [3.8, 4) is 28.1 Å². The fourth-order valence-electron chi connectivity index (χ4n) is 4.59. The summed E-state index contributed by atoms with van der Waals surface area (Å²) in [5.74, 6) is -0.160. The van der Waals surface area contributed by atoms with Crippen LogP contribution >= 0.6 is 11.3 Å². The first-order valence-corrected chi connectivity index (χ1v) is 13.4. The van der Waals surface area contributed by atoms with Crippen LogP contribution in [0.25, 0.3) is 33.3 Å². The molecule has 39 heavy (non-hydrogen) atoms. The van der Waals surface area contributed by atoms with Crippen molar-refractivity contribution >= 4 is 39.1 Å². The fourth-order valence-corrected chi connectivity index (χ4v) is 5.65. The Morgan fingerprint density at radius 3 is 2.36 bits per heavy atom. The van der Waals surface area contributed by atoms with Crippen molar-refractivity contribution < 1.29 is 19.1 Å². The number of pyridine rings is 1. The zero-order valence-corrected chi connectivity index (χ0v) is 23.0. The molecule has 1 amide bonds. The van der Waals surface area contributed by atoms with E-state index in [1.54, 1.807) is 6.07 Å². The van der Waals surface area contributed by atoms with Crippen LogP contribution in [0, 0.1) is 6.92 Å². The highest BCUT2D eigenvalue weighted by Crippen LogP contribution is 2.41. The zero-order valence-electron chi connectivity index (χ0n) is 22.1. The van der Waals surface area contributed by atoms with Crippen LogP contribution in [0.15, 0.2) is 84.9 Å². The lowest BCUT2D eigenvalue weighted by Crippen LogP contribution is -2.15. The first-order valence-electron chi connectivity index (χ1n) is 12.6. The molecule has 1 N–H and O–H groups in total. The van der Waals surface area contributed by atoms with Crippen LogP contribution in [-0.4, -0.2) is 30.1 Å². The number of hydrogen-bond acceptors (Lipinski definition) is 6. The number of rotatable bonds is 7. The average Bonchev–Trinajstić information content (AvgIpc) is 3.27. The average molecular weight is 537 g/mol. The van der Waals surface area contributed by atoms with Crippen molar-refractivity contribution in [2.75, 3.05) is 12.4 Å². The van der Waals surface area contributed by atoms with Gasteiger partial charge in [-0.1, -0.05) is 60.7 Å².